The Labute approximate surface area is 158 Å². The molecule has 6 nitrogen and oxygen atoms in total. The van der Waals surface area contributed by atoms with E-state index in [1.807, 2.05) is 42.5 Å². The molecule has 0 spiro atoms. The second kappa shape index (κ2) is 7.82. The number of hydrogen-bond donors (Lipinski definition) is 1. The van der Waals surface area contributed by atoms with Crippen molar-refractivity contribution >= 4 is 21.0 Å². The molecule has 1 aromatic heterocycles. The number of nitrogens with zero attached hydrogens (tertiary/aromatic N) is 1. The third-order valence-corrected chi connectivity index (χ3v) is 6.55. The van der Waals surface area contributed by atoms with Gasteiger partial charge >= 0.3 is 0 Å². The fraction of sp³-hybridized carbons (Fsp3) is 0.300. The zero-order valence-electron chi connectivity index (χ0n) is 14.9. The van der Waals surface area contributed by atoms with E-state index in [0.29, 0.717) is 44.3 Å². The highest BCUT2D eigenvalue weighted by Gasteiger charge is 2.25. The van der Waals surface area contributed by atoms with Crippen molar-refractivity contribution in [3.63, 3.8) is 0 Å². The molecule has 1 aliphatic heterocycles. The van der Waals surface area contributed by atoms with E-state index < -0.39 is 10.0 Å². The van der Waals surface area contributed by atoms with Crippen molar-refractivity contribution in [2.75, 3.05) is 26.3 Å². The predicted octanol–water partition coefficient (Wildman–Crippen LogP) is 2.74. The first-order chi connectivity index (χ1) is 13.1. The number of nitrogens with one attached hydrogen (secondary N) is 1. The molecule has 1 saturated heterocycles. The van der Waals surface area contributed by atoms with E-state index in [4.69, 9.17) is 9.15 Å². The molecule has 0 bridgehead atoms. The van der Waals surface area contributed by atoms with Crippen molar-refractivity contribution in [2.45, 2.75) is 18.0 Å². The summed E-state index contributed by atoms with van der Waals surface area (Å²) >= 11 is 0. The molecule has 1 N–H and O–H groups in total. The van der Waals surface area contributed by atoms with Gasteiger partial charge in [-0.3, -0.25) is 0 Å². The predicted molar refractivity (Wildman–Crippen MR) is 103 cm³/mol. The number of morpholine rings is 1. The number of benzene rings is 2. The molecular weight excluding hydrogens is 364 g/mol. The second-order valence-corrected chi connectivity index (χ2v) is 8.45. The lowest BCUT2D eigenvalue weighted by molar-refractivity contribution is 0.0730. The Hall–Kier alpha value is -2.19. The van der Waals surface area contributed by atoms with Crippen LogP contribution in [0, 0.1) is 0 Å². The van der Waals surface area contributed by atoms with Crippen molar-refractivity contribution in [1.29, 1.82) is 0 Å². The second-order valence-electron chi connectivity index (χ2n) is 6.51. The summed E-state index contributed by atoms with van der Waals surface area (Å²) in [4.78, 5) is 0.324. The molecule has 2 aromatic carbocycles. The number of ether oxygens (including phenoxy) is 1. The van der Waals surface area contributed by atoms with Crippen LogP contribution in [0.25, 0.3) is 11.0 Å². The fourth-order valence-electron chi connectivity index (χ4n) is 3.17. The summed E-state index contributed by atoms with van der Waals surface area (Å²) in [7, 11) is -3.44. The van der Waals surface area contributed by atoms with Gasteiger partial charge in [0.05, 0.1) is 24.7 Å². The van der Waals surface area contributed by atoms with Gasteiger partial charge in [-0.15, -0.1) is 0 Å². The largest absolute Gasteiger partial charge is 0.460 e. The number of furan rings is 1. The van der Waals surface area contributed by atoms with Crippen LogP contribution in [0.2, 0.25) is 0 Å². The maximum absolute atomic E-state index is 12.6. The van der Waals surface area contributed by atoms with Crippen LogP contribution in [0.4, 0.5) is 0 Å². The average Bonchev–Trinajstić information content (AvgIpc) is 3.12. The molecule has 1 fully saturated rings. The SMILES string of the molecule is O=S(=O)(c1ccc(CNCc2cc3ccccc3o2)cc1)N1CCOCC1. The van der Waals surface area contributed by atoms with Gasteiger partial charge in [-0.25, -0.2) is 8.42 Å². The lowest BCUT2D eigenvalue weighted by Gasteiger charge is -2.26. The van der Waals surface area contributed by atoms with Gasteiger partial charge < -0.3 is 14.5 Å². The van der Waals surface area contributed by atoms with E-state index in [1.165, 1.54) is 4.31 Å². The van der Waals surface area contributed by atoms with Crippen LogP contribution < -0.4 is 5.32 Å². The van der Waals surface area contributed by atoms with E-state index in [2.05, 4.69) is 5.32 Å². The quantitative estimate of drug-likeness (QED) is 0.705. The van der Waals surface area contributed by atoms with Gasteiger partial charge in [0.15, 0.2) is 0 Å². The molecule has 0 unspecified atom stereocenters. The maximum Gasteiger partial charge on any atom is 0.243 e. The minimum atomic E-state index is -3.44. The van der Waals surface area contributed by atoms with Gasteiger partial charge in [0.2, 0.25) is 10.0 Å². The number of rotatable bonds is 6. The maximum atomic E-state index is 12.6. The van der Waals surface area contributed by atoms with Crippen molar-refractivity contribution < 1.29 is 17.6 Å². The Morgan fingerprint density at radius 1 is 0.963 bits per heavy atom. The normalized spacial score (nSPS) is 16.0. The van der Waals surface area contributed by atoms with Gasteiger partial charge in [0, 0.05) is 25.0 Å². The number of hydrogen-bond acceptors (Lipinski definition) is 5. The molecule has 7 heteroatoms. The molecule has 27 heavy (non-hydrogen) atoms. The monoisotopic (exact) mass is 386 g/mol. The molecule has 0 aliphatic carbocycles. The molecule has 3 aromatic rings. The molecule has 0 radical (unpaired) electrons. The summed E-state index contributed by atoms with van der Waals surface area (Å²) in [6.45, 7) is 2.95. The first-order valence-corrected chi connectivity index (χ1v) is 10.4. The first kappa shape index (κ1) is 18.2. The molecule has 1 aliphatic rings. The molecule has 0 saturated carbocycles. The summed E-state index contributed by atoms with van der Waals surface area (Å²) in [5.41, 5.74) is 1.90. The van der Waals surface area contributed by atoms with Crippen LogP contribution >= 0.6 is 0 Å². The summed E-state index contributed by atoms with van der Waals surface area (Å²) < 4.78 is 37.7. The highest BCUT2D eigenvalue weighted by molar-refractivity contribution is 7.89. The zero-order valence-corrected chi connectivity index (χ0v) is 15.7. The van der Waals surface area contributed by atoms with Gasteiger partial charge in [-0.2, -0.15) is 4.31 Å². The lowest BCUT2D eigenvalue weighted by Crippen LogP contribution is -2.40. The van der Waals surface area contributed by atoms with Crippen LogP contribution in [0.15, 0.2) is 63.9 Å². The van der Waals surface area contributed by atoms with Gasteiger partial charge in [-0.05, 0) is 29.8 Å². The molecule has 0 atom stereocenters. The highest BCUT2D eigenvalue weighted by atomic mass is 32.2. The molecule has 2 heterocycles. The van der Waals surface area contributed by atoms with E-state index >= 15 is 0 Å². The number of para-hydroxylation sites is 1. The van der Waals surface area contributed by atoms with Crippen molar-refractivity contribution in [1.82, 2.24) is 9.62 Å². The van der Waals surface area contributed by atoms with Gasteiger partial charge in [0.25, 0.3) is 0 Å². The van der Waals surface area contributed by atoms with E-state index in [-0.39, 0.29) is 0 Å². The van der Waals surface area contributed by atoms with Crippen LogP contribution in [0.5, 0.6) is 0 Å². The van der Waals surface area contributed by atoms with Gasteiger partial charge in [0.1, 0.15) is 11.3 Å². The van der Waals surface area contributed by atoms with Crippen LogP contribution in [0.3, 0.4) is 0 Å². The minimum Gasteiger partial charge on any atom is -0.460 e. The van der Waals surface area contributed by atoms with E-state index in [9.17, 15) is 8.42 Å². The van der Waals surface area contributed by atoms with Crippen molar-refractivity contribution in [2.24, 2.45) is 0 Å². The summed E-state index contributed by atoms with van der Waals surface area (Å²) in [5, 5.41) is 4.42. The summed E-state index contributed by atoms with van der Waals surface area (Å²) in [5.74, 6) is 0.878. The van der Waals surface area contributed by atoms with Crippen molar-refractivity contribution in [3.8, 4) is 0 Å². The average molecular weight is 386 g/mol. The van der Waals surface area contributed by atoms with Crippen molar-refractivity contribution in [3.05, 3.63) is 65.9 Å². The Morgan fingerprint density at radius 2 is 1.70 bits per heavy atom. The van der Waals surface area contributed by atoms with Crippen LogP contribution in [-0.4, -0.2) is 39.0 Å². The fourth-order valence-corrected chi connectivity index (χ4v) is 4.58. The van der Waals surface area contributed by atoms with Crippen LogP contribution in [0.1, 0.15) is 11.3 Å². The lowest BCUT2D eigenvalue weighted by atomic mass is 10.2. The Bertz CT molecular complexity index is 973. The smallest absolute Gasteiger partial charge is 0.243 e. The van der Waals surface area contributed by atoms with Crippen LogP contribution in [-0.2, 0) is 27.8 Å². The standard InChI is InChI=1S/C20H22N2O4S/c23-27(24,22-9-11-25-12-10-22)19-7-5-16(6-8-19)14-21-15-18-13-17-3-1-2-4-20(17)26-18/h1-8,13,21H,9-12,14-15H2. The Morgan fingerprint density at radius 3 is 2.44 bits per heavy atom. The Balaban J connectivity index is 1.36. The minimum absolute atomic E-state index is 0.324. The third-order valence-electron chi connectivity index (χ3n) is 4.64. The number of sulfonamides is 1. The Kier molecular flexibility index (Phi) is 5.27. The summed E-state index contributed by atoms with van der Waals surface area (Å²) in [6.07, 6.45) is 0. The molecule has 142 valence electrons. The molecule has 0 amide bonds. The van der Waals surface area contributed by atoms with E-state index in [0.717, 1.165) is 22.3 Å². The number of fused-ring (bicyclic) bond motifs is 1. The third kappa shape index (κ3) is 4.06. The van der Waals surface area contributed by atoms with Gasteiger partial charge in [-0.1, -0.05) is 30.3 Å². The first-order valence-electron chi connectivity index (χ1n) is 8.98. The zero-order chi connectivity index (χ0) is 18.7. The topological polar surface area (TPSA) is 71.8 Å². The molecular formula is C20H22N2O4S. The molecule has 4 rings (SSSR count). The summed E-state index contributed by atoms with van der Waals surface area (Å²) in [6, 6.07) is 17.0. The van der Waals surface area contributed by atoms with E-state index in [1.54, 1.807) is 12.1 Å². The highest BCUT2D eigenvalue weighted by Crippen LogP contribution is 2.19.